The third-order valence-corrected chi connectivity index (χ3v) is 12.7. The second-order valence-corrected chi connectivity index (χ2v) is 15.9. The van der Waals surface area contributed by atoms with E-state index in [9.17, 15) is 14.4 Å². The smallest absolute Gasteiger partial charge is 0.306 e. The molecule has 2 aliphatic carbocycles. The van der Waals surface area contributed by atoms with Crippen LogP contribution in [0.25, 0.3) is 28.0 Å². The maximum atomic E-state index is 13.7. The van der Waals surface area contributed by atoms with Crippen molar-refractivity contribution in [2.75, 3.05) is 26.2 Å². The van der Waals surface area contributed by atoms with Crippen LogP contribution in [0.1, 0.15) is 69.3 Å². The Hall–Kier alpha value is -5.40. The summed E-state index contributed by atoms with van der Waals surface area (Å²) in [6.07, 6.45) is 11.9. The van der Waals surface area contributed by atoms with Gasteiger partial charge in [0.25, 0.3) is 0 Å². The Balaban J connectivity index is 0.889. The molecular formula is C43H47ClN8O5. The topological polar surface area (TPSA) is 164 Å². The molecule has 2 aromatic carbocycles. The van der Waals surface area contributed by atoms with Crippen molar-refractivity contribution in [1.29, 1.82) is 0 Å². The molecule has 1 saturated heterocycles. The van der Waals surface area contributed by atoms with Crippen LogP contribution in [0.2, 0.25) is 5.15 Å². The average Bonchev–Trinajstić information content (AvgIpc) is 4.10. The zero-order valence-corrected chi connectivity index (χ0v) is 33.0. The summed E-state index contributed by atoms with van der Waals surface area (Å²) in [6, 6.07) is 16.7. The number of hydrogen-bond donors (Lipinski definition) is 3. The van der Waals surface area contributed by atoms with Gasteiger partial charge in [-0.1, -0.05) is 60.1 Å². The van der Waals surface area contributed by atoms with Crippen LogP contribution >= 0.6 is 11.6 Å². The highest BCUT2D eigenvalue weighted by Crippen LogP contribution is 2.54. The summed E-state index contributed by atoms with van der Waals surface area (Å²) in [5, 5.41) is 0.202. The number of hydrazine groups is 1. The average molecular weight is 791 g/mol. The van der Waals surface area contributed by atoms with Crippen LogP contribution < -0.4 is 10.9 Å². The van der Waals surface area contributed by atoms with Gasteiger partial charge in [-0.05, 0) is 78.7 Å². The first-order chi connectivity index (χ1) is 27.7. The Morgan fingerprint density at radius 1 is 0.930 bits per heavy atom. The normalized spacial score (nSPS) is 23.5. The van der Waals surface area contributed by atoms with Gasteiger partial charge in [-0.25, -0.2) is 15.0 Å². The number of amides is 2. The van der Waals surface area contributed by atoms with E-state index in [-0.39, 0.29) is 41.3 Å². The maximum Gasteiger partial charge on any atom is 0.306 e. The van der Waals surface area contributed by atoms with Gasteiger partial charge in [0.15, 0.2) is 11.0 Å². The fourth-order valence-corrected chi connectivity index (χ4v) is 9.52. The number of likely N-dealkylation sites (tertiary alicyclic amines) is 1. The second kappa shape index (κ2) is 16.6. The summed E-state index contributed by atoms with van der Waals surface area (Å²) in [6.45, 7) is 2.39. The van der Waals surface area contributed by atoms with E-state index in [0.29, 0.717) is 24.2 Å². The highest BCUT2D eigenvalue weighted by Gasteiger charge is 2.53. The standard InChI is InChI=1S/C43H47ClN8O5/c1-24(56-2)32(21-36(53)57-3)43(55)52-18-4-5-35(52)40-48-23-34(49-40)28-12-10-26(11-13-28)25-6-8-27(9-7-25)31-20-33(47-22-31)37-29-14-15-30(19-29)38(37)42(54)51-50-41-39(44)45-16-17-46-41/h6-13,16-17,22-24,29-30,32,35,37-38H,4-5,14-15,18-21H2,1-3H3,(H,46,50)(H,48,49)(H,51,54)/t24-,29?,30?,32+,35+,37?,38+/m1/s1. The zero-order chi connectivity index (χ0) is 39.6. The van der Waals surface area contributed by atoms with E-state index in [0.717, 1.165) is 83.6 Å². The van der Waals surface area contributed by atoms with E-state index in [2.05, 4.69) is 74.3 Å². The first kappa shape index (κ1) is 38.5. The number of imidazole rings is 1. The van der Waals surface area contributed by atoms with E-state index in [1.165, 1.54) is 19.5 Å². The minimum absolute atomic E-state index is 0.0372. The van der Waals surface area contributed by atoms with Crippen LogP contribution in [-0.2, 0) is 23.9 Å². The molecule has 2 aliphatic heterocycles. The summed E-state index contributed by atoms with van der Waals surface area (Å²) in [4.78, 5) is 62.4. The molecule has 0 radical (unpaired) electrons. The van der Waals surface area contributed by atoms with Crippen molar-refractivity contribution >= 4 is 46.5 Å². The molecule has 7 atom stereocenters. The molecule has 3 fully saturated rings. The first-order valence-corrected chi connectivity index (χ1v) is 20.0. The number of rotatable bonds is 13. The number of carbonyl (C=O) groups excluding carboxylic acids is 3. The van der Waals surface area contributed by atoms with Crippen LogP contribution in [0.15, 0.2) is 78.3 Å². The van der Waals surface area contributed by atoms with Crippen LogP contribution in [0.3, 0.4) is 0 Å². The summed E-state index contributed by atoms with van der Waals surface area (Å²) in [5.74, 6) is 0.542. The highest BCUT2D eigenvalue weighted by atomic mass is 35.5. The van der Waals surface area contributed by atoms with Crippen molar-refractivity contribution in [1.82, 2.24) is 30.3 Å². The fourth-order valence-electron chi connectivity index (χ4n) is 9.37. The molecule has 13 nitrogen and oxygen atoms in total. The zero-order valence-electron chi connectivity index (χ0n) is 32.3. The number of allylic oxidation sites excluding steroid dienone is 1. The molecule has 4 aliphatic rings. The molecule has 57 heavy (non-hydrogen) atoms. The number of halogens is 1. The molecule has 0 spiro atoms. The number of aliphatic imine (C=N–C) groups is 1. The lowest BCUT2D eigenvalue weighted by molar-refractivity contribution is -0.151. The number of hydrogen-bond acceptors (Lipinski definition) is 10. The molecule has 3 N–H and O–H groups in total. The van der Waals surface area contributed by atoms with Crippen molar-refractivity contribution in [2.24, 2.45) is 34.6 Å². The van der Waals surface area contributed by atoms with Crippen LogP contribution in [-0.4, -0.2) is 75.2 Å². The van der Waals surface area contributed by atoms with Gasteiger partial charge in [-0.3, -0.25) is 30.2 Å². The van der Waals surface area contributed by atoms with Gasteiger partial charge < -0.3 is 19.4 Å². The number of methoxy groups -OCH3 is 2. The fraction of sp³-hybridized carbons (Fsp3) is 0.419. The Morgan fingerprint density at radius 2 is 1.63 bits per heavy atom. The van der Waals surface area contributed by atoms with Crippen molar-refractivity contribution in [3.63, 3.8) is 0 Å². The first-order valence-electron chi connectivity index (χ1n) is 19.7. The Kier molecular flexibility index (Phi) is 11.2. The predicted octanol–water partition coefficient (Wildman–Crippen LogP) is 7.06. The lowest BCUT2D eigenvalue weighted by Crippen LogP contribution is -2.43. The molecule has 8 rings (SSSR count). The molecule has 4 aromatic rings. The summed E-state index contributed by atoms with van der Waals surface area (Å²) in [7, 11) is 2.87. The van der Waals surface area contributed by atoms with E-state index in [4.69, 9.17) is 31.1 Å². The Morgan fingerprint density at radius 3 is 2.35 bits per heavy atom. The minimum atomic E-state index is -0.638. The van der Waals surface area contributed by atoms with Crippen LogP contribution in [0, 0.1) is 29.6 Å². The number of aromatic amines is 1. The van der Waals surface area contributed by atoms with Crippen LogP contribution in [0.4, 0.5) is 5.82 Å². The molecule has 2 amide bonds. The number of nitrogens with one attached hydrogen (secondary N) is 3. The minimum Gasteiger partial charge on any atom is -0.469 e. The van der Waals surface area contributed by atoms with E-state index >= 15 is 0 Å². The number of anilines is 1. The molecule has 3 unspecified atom stereocenters. The van der Waals surface area contributed by atoms with Gasteiger partial charge in [0.2, 0.25) is 11.8 Å². The van der Waals surface area contributed by atoms with E-state index in [1.54, 1.807) is 14.0 Å². The Bertz CT molecular complexity index is 2190. The van der Waals surface area contributed by atoms with Crippen LogP contribution in [0.5, 0.6) is 0 Å². The SMILES string of the molecule is COC(=O)C[C@H](C(=O)N1CCC[C@H]1c1ncc(-c2ccc(-c3ccc(C4=CN=C(C5C6CCC(C6)[C@@H]5C(=O)NNc5nccnc5Cl)C4)cc3)cc2)[nH]1)[C@@H](C)OC. The van der Waals surface area contributed by atoms with Gasteiger partial charge in [0.1, 0.15) is 5.82 Å². The van der Waals surface area contributed by atoms with Gasteiger partial charge in [0.05, 0.1) is 49.4 Å². The number of benzene rings is 2. The highest BCUT2D eigenvalue weighted by molar-refractivity contribution is 6.31. The molecule has 296 valence electrons. The number of ether oxygens (including phenoxy) is 2. The number of esters is 1. The predicted molar refractivity (Wildman–Crippen MR) is 216 cm³/mol. The van der Waals surface area contributed by atoms with E-state index in [1.807, 2.05) is 17.3 Å². The lowest BCUT2D eigenvalue weighted by Gasteiger charge is -2.30. The number of H-pyrrole nitrogens is 1. The van der Waals surface area contributed by atoms with Crippen molar-refractivity contribution in [2.45, 2.75) is 64.0 Å². The third kappa shape index (κ3) is 7.82. The number of aromatic nitrogens is 4. The molecule has 2 bridgehead atoms. The number of carbonyl (C=O) groups is 3. The second-order valence-electron chi connectivity index (χ2n) is 15.5. The largest absolute Gasteiger partial charge is 0.469 e. The van der Waals surface area contributed by atoms with Crippen molar-refractivity contribution < 1.29 is 23.9 Å². The summed E-state index contributed by atoms with van der Waals surface area (Å²) >= 11 is 6.13. The number of nitrogens with zero attached hydrogens (tertiary/aromatic N) is 5. The number of fused-ring (bicyclic) bond motifs is 2. The van der Waals surface area contributed by atoms with Crippen molar-refractivity contribution in [3.05, 3.63) is 89.9 Å². The van der Waals surface area contributed by atoms with E-state index < -0.39 is 18.0 Å². The van der Waals surface area contributed by atoms with Crippen molar-refractivity contribution in [3.8, 4) is 22.4 Å². The van der Waals surface area contributed by atoms with Gasteiger partial charge >= 0.3 is 5.97 Å². The molecule has 2 aromatic heterocycles. The molecular weight excluding hydrogens is 744 g/mol. The molecule has 14 heteroatoms. The van der Waals surface area contributed by atoms with Gasteiger partial charge in [0, 0.05) is 50.3 Å². The molecule has 4 heterocycles. The lowest BCUT2D eigenvalue weighted by atomic mass is 9.75. The Labute approximate surface area is 336 Å². The van der Waals surface area contributed by atoms with Gasteiger partial charge in [-0.2, -0.15) is 0 Å². The third-order valence-electron chi connectivity index (χ3n) is 12.4. The maximum absolute atomic E-state index is 13.7. The summed E-state index contributed by atoms with van der Waals surface area (Å²) in [5.41, 5.74) is 13.1. The van der Waals surface area contributed by atoms with Gasteiger partial charge in [-0.15, -0.1) is 0 Å². The molecule has 2 saturated carbocycles. The quantitative estimate of drug-likeness (QED) is 0.0951. The monoisotopic (exact) mass is 790 g/mol. The summed E-state index contributed by atoms with van der Waals surface area (Å²) < 4.78 is 10.3.